The van der Waals surface area contributed by atoms with E-state index in [1.54, 1.807) is 6.20 Å². The smallest absolute Gasteiger partial charge is 0.259 e. The summed E-state index contributed by atoms with van der Waals surface area (Å²) in [6.07, 6.45) is 2.65. The largest absolute Gasteiger partial charge is 0.379 e. The number of aryl methyl sites for hydroxylation is 1. The topological polar surface area (TPSA) is 87.1 Å². The summed E-state index contributed by atoms with van der Waals surface area (Å²) < 4.78 is 10.7. The van der Waals surface area contributed by atoms with Gasteiger partial charge in [0.1, 0.15) is 5.54 Å². The zero-order valence-corrected chi connectivity index (χ0v) is 12.1. The molecule has 0 aliphatic heterocycles. The molecule has 0 aromatic carbocycles. The predicted octanol–water partition coefficient (Wildman–Crippen LogP) is 2.04. The summed E-state index contributed by atoms with van der Waals surface area (Å²) in [5.41, 5.74) is 7.11. The molecule has 2 N–H and O–H groups in total. The van der Waals surface area contributed by atoms with Crippen molar-refractivity contribution < 1.29 is 9.26 Å². The van der Waals surface area contributed by atoms with Crippen molar-refractivity contribution in [3.63, 3.8) is 0 Å². The highest BCUT2D eigenvalue weighted by atomic mass is 16.5. The first kappa shape index (κ1) is 14.6. The normalized spacial score (nSPS) is 14.2. The van der Waals surface area contributed by atoms with E-state index < -0.39 is 5.54 Å². The minimum absolute atomic E-state index is 0.353. The Morgan fingerprint density at radius 2 is 2.20 bits per heavy atom. The molecule has 20 heavy (non-hydrogen) atoms. The van der Waals surface area contributed by atoms with Crippen LogP contribution in [0.25, 0.3) is 11.5 Å². The Balaban J connectivity index is 2.13. The monoisotopic (exact) mass is 276 g/mol. The molecule has 2 rings (SSSR count). The van der Waals surface area contributed by atoms with Gasteiger partial charge in [-0.2, -0.15) is 4.98 Å². The summed E-state index contributed by atoms with van der Waals surface area (Å²) in [6, 6.07) is 3.78. The Labute approximate surface area is 118 Å². The molecule has 0 saturated heterocycles. The SMILES string of the molecule is CCCOCC(C)(N)c1noc(-c2ccc(C)nc2)n1. The number of nitrogens with two attached hydrogens (primary N) is 1. The van der Waals surface area contributed by atoms with E-state index in [0.29, 0.717) is 24.9 Å². The minimum atomic E-state index is -0.769. The van der Waals surface area contributed by atoms with Crippen molar-refractivity contribution in [1.29, 1.82) is 0 Å². The van der Waals surface area contributed by atoms with Gasteiger partial charge in [0.05, 0.1) is 12.2 Å². The third-order valence-electron chi connectivity index (χ3n) is 2.85. The van der Waals surface area contributed by atoms with Gasteiger partial charge >= 0.3 is 0 Å². The van der Waals surface area contributed by atoms with Crippen LogP contribution in [0.15, 0.2) is 22.9 Å². The second kappa shape index (κ2) is 6.11. The number of rotatable bonds is 6. The average Bonchev–Trinajstić information content (AvgIpc) is 2.90. The molecule has 0 radical (unpaired) electrons. The molecule has 1 unspecified atom stereocenters. The zero-order chi connectivity index (χ0) is 14.6. The van der Waals surface area contributed by atoms with Crippen molar-refractivity contribution in [2.75, 3.05) is 13.2 Å². The van der Waals surface area contributed by atoms with Crippen molar-refractivity contribution >= 4 is 0 Å². The Hall–Kier alpha value is -1.79. The molecular formula is C14H20N4O2. The molecule has 2 aromatic rings. The maximum atomic E-state index is 6.17. The van der Waals surface area contributed by atoms with Crippen LogP contribution in [0, 0.1) is 6.92 Å². The number of ether oxygens (including phenoxy) is 1. The van der Waals surface area contributed by atoms with Gasteiger partial charge in [-0.25, -0.2) is 0 Å². The second-order valence-electron chi connectivity index (χ2n) is 5.08. The van der Waals surface area contributed by atoms with E-state index in [2.05, 4.69) is 15.1 Å². The van der Waals surface area contributed by atoms with Gasteiger partial charge in [0, 0.05) is 18.5 Å². The van der Waals surface area contributed by atoms with Crippen LogP contribution in [0.5, 0.6) is 0 Å². The average molecular weight is 276 g/mol. The Bertz CT molecular complexity index is 549. The Kier molecular flexibility index (Phi) is 4.46. The fourth-order valence-electron chi connectivity index (χ4n) is 1.66. The molecule has 0 amide bonds. The van der Waals surface area contributed by atoms with Gasteiger partial charge < -0.3 is 15.0 Å². The van der Waals surface area contributed by atoms with Crippen LogP contribution >= 0.6 is 0 Å². The third kappa shape index (κ3) is 3.40. The first-order valence-corrected chi connectivity index (χ1v) is 6.67. The van der Waals surface area contributed by atoms with Gasteiger partial charge in [0.15, 0.2) is 5.82 Å². The van der Waals surface area contributed by atoms with E-state index in [4.69, 9.17) is 15.0 Å². The van der Waals surface area contributed by atoms with Crippen molar-refractivity contribution in [2.45, 2.75) is 32.7 Å². The molecule has 108 valence electrons. The van der Waals surface area contributed by atoms with Crippen molar-refractivity contribution in [1.82, 2.24) is 15.1 Å². The molecule has 0 bridgehead atoms. The van der Waals surface area contributed by atoms with Gasteiger partial charge in [-0.1, -0.05) is 12.1 Å². The molecule has 2 heterocycles. The number of hydrogen-bond donors (Lipinski definition) is 1. The summed E-state index contributed by atoms with van der Waals surface area (Å²) in [7, 11) is 0. The third-order valence-corrected chi connectivity index (χ3v) is 2.85. The van der Waals surface area contributed by atoms with Crippen LogP contribution in [-0.2, 0) is 10.3 Å². The quantitative estimate of drug-likeness (QED) is 0.812. The van der Waals surface area contributed by atoms with Gasteiger partial charge in [0.25, 0.3) is 5.89 Å². The van der Waals surface area contributed by atoms with E-state index in [1.165, 1.54) is 0 Å². The van der Waals surface area contributed by atoms with E-state index >= 15 is 0 Å². The van der Waals surface area contributed by atoms with Crippen LogP contribution in [0.2, 0.25) is 0 Å². The van der Waals surface area contributed by atoms with E-state index in [1.807, 2.05) is 32.9 Å². The highest BCUT2D eigenvalue weighted by Gasteiger charge is 2.28. The Morgan fingerprint density at radius 1 is 1.40 bits per heavy atom. The van der Waals surface area contributed by atoms with Crippen LogP contribution in [0.3, 0.4) is 0 Å². The lowest BCUT2D eigenvalue weighted by atomic mass is 10.1. The molecule has 6 heteroatoms. The molecule has 1 atom stereocenters. The summed E-state index contributed by atoms with van der Waals surface area (Å²) in [5, 5.41) is 3.95. The molecule has 0 fully saturated rings. The van der Waals surface area contributed by atoms with Crippen molar-refractivity contribution in [3.8, 4) is 11.5 Å². The summed E-state index contributed by atoms with van der Waals surface area (Å²) in [5.74, 6) is 0.851. The Morgan fingerprint density at radius 3 is 2.85 bits per heavy atom. The van der Waals surface area contributed by atoms with Crippen LogP contribution in [-0.4, -0.2) is 28.3 Å². The van der Waals surface area contributed by atoms with Crippen LogP contribution < -0.4 is 5.73 Å². The summed E-state index contributed by atoms with van der Waals surface area (Å²) >= 11 is 0. The van der Waals surface area contributed by atoms with Gasteiger partial charge in [0.2, 0.25) is 0 Å². The fraction of sp³-hybridized carbons (Fsp3) is 0.500. The molecule has 6 nitrogen and oxygen atoms in total. The summed E-state index contributed by atoms with van der Waals surface area (Å²) in [4.78, 5) is 8.54. The molecule has 0 saturated carbocycles. The maximum Gasteiger partial charge on any atom is 0.259 e. The van der Waals surface area contributed by atoms with Gasteiger partial charge in [-0.3, -0.25) is 4.98 Å². The predicted molar refractivity (Wildman–Crippen MR) is 74.9 cm³/mol. The number of nitrogens with zero attached hydrogens (tertiary/aromatic N) is 3. The molecule has 0 aliphatic carbocycles. The molecule has 2 aromatic heterocycles. The zero-order valence-electron chi connectivity index (χ0n) is 12.1. The van der Waals surface area contributed by atoms with Crippen molar-refractivity contribution in [2.24, 2.45) is 5.73 Å². The standard InChI is InChI=1S/C14H20N4O2/c1-4-7-19-9-14(3,15)13-17-12(20-18-13)11-6-5-10(2)16-8-11/h5-6,8H,4,7,9,15H2,1-3H3. The maximum absolute atomic E-state index is 6.17. The van der Waals surface area contributed by atoms with E-state index in [0.717, 1.165) is 17.7 Å². The highest BCUT2D eigenvalue weighted by Crippen LogP contribution is 2.21. The minimum Gasteiger partial charge on any atom is -0.379 e. The highest BCUT2D eigenvalue weighted by molar-refractivity contribution is 5.51. The van der Waals surface area contributed by atoms with Crippen LogP contribution in [0.4, 0.5) is 0 Å². The number of hydrogen-bond acceptors (Lipinski definition) is 6. The van der Waals surface area contributed by atoms with Crippen LogP contribution in [0.1, 0.15) is 31.8 Å². The van der Waals surface area contributed by atoms with E-state index in [9.17, 15) is 0 Å². The van der Waals surface area contributed by atoms with Gasteiger partial charge in [-0.15, -0.1) is 0 Å². The molecule has 0 aliphatic rings. The molecule has 0 spiro atoms. The second-order valence-corrected chi connectivity index (χ2v) is 5.08. The lowest BCUT2D eigenvalue weighted by molar-refractivity contribution is 0.0867. The first-order chi connectivity index (χ1) is 9.53. The van der Waals surface area contributed by atoms with Crippen molar-refractivity contribution in [3.05, 3.63) is 29.8 Å². The fourth-order valence-corrected chi connectivity index (χ4v) is 1.66. The lowest BCUT2D eigenvalue weighted by Gasteiger charge is -2.19. The summed E-state index contributed by atoms with van der Waals surface area (Å²) in [6.45, 7) is 6.81. The lowest BCUT2D eigenvalue weighted by Crippen LogP contribution is -2.39. The van der Waals surface area contributed by atoms with Gasteiger partial charge in [-0.05, 0) is 32.4 Å². The number of aromatic nitrogens is 3. The first-order valence-electron chi connectivity index (χ1n) is 6.67. The van der Waals surface area contributed by atoms with E-state index in [-0.39, 0.29) is 0 Å². The molecular weight excluding hydrogens is 256 g/mol. The number of pyridine rings is 1.